The third-order valence-corrected chi connectivity index (χ3v) is 5.51. The van der Waals surface area contributed by atoms with E-state index in [0.717, 1.165) is 5.56 Å². The number of amides is 1. The van der Waals surface area contributed by atoms with Crippen molar-refractivity contribution >= 4 is 34.3 Å². The minimum atomic E-state index is -0.305. The van der Waals surface area contributed by atoms with Crippen LogP contribution in [-0.4, -0.2) is 38.8 Å². The van der Waals surface area contributed by atoms with Crippen molar-refractivity contribution in [3.05, 3.63) is 59.1 Å². The van der Waals surface area contributed by atoms with Crippen molar-refractivity contribution in [3.63, 3.8) is 0 Å². The lowest BCUT2D eigenvalue weighted by Gasteiger charge is -2.12. The number of aryl methyl sites for hydroxylation is 1. The topological polar surface area (TPSA) is 92.1 Å². The number of oxazole rings is 1. The van der Waals surface area contributed by atoms with E-state index >= 15 is 0 Å². The molecule has 1 N–H and O–H groups in total. The quantitative estimate of drug-likeness (QED) is 0.354. The molecule has 0 saturated heterocycles. The van der Waals surface area contributed by atoms with Crippen molar-refractivity contribution in [2.45, 2.75) is 6.92 Å². The number of hydrogen-bond acceptors (Lipinski definition) is 7. The van der Waals surface area contributed by atoms with Crippen LogP contribution in [0.4, 0.5) is 5.69 Å². The van der Waals surface area contributed by atoms with E-state index in [4.69, 9.17) is 35.0 Å². The lowest BCUT2D eigenvalue weighted by atomic mass is 10.2. The SMILES string of the molecule is COc1cc(-c2nc3cc(NC(=O)COc4ccc(Cl)c(C)c4)ccc3o2)cc(OC)c1OC. The van der Waals surface area contributed by atoms with E-state index in [9.17, 15) is 4.79 Å². The first-order valence-corrected chi connectivity index (χ1v) is 10.7. The Morgan fingerprint density at radius 2 is 1.74 bits per heavy atom. The first-order valence-electron chi connectivity index (χ1n) is 10.3. The minimum Gasteiger partial charge on any atom is -0.493 e. The number of hydrogen-bond donors (Lipinski definition) is 1. The molecule has 0 unspecified atom stereocenters. The highest BCUT2D eigenvalue weighted by Gasteiger charge is 2.17. The Kier molecular flexibility index (Phi) is 6.79. The van der Waals surface area contributed by atoms with Gasteiger partial charge >= 0.3 is 0 Å². The lowest BCUT2D eigenvalue weighted by Crippen LogP contribution is -2.20. The third-order valence-electron chi connectivity index (χ3n) is 5.08. The molecule has 176 valence electrons. The van der Waals surface area contributed by atoms with E-state index in [1.165, 1.54) is 7.11 Å². The maximum absolute atomic E-state index is 12.4. The molecule has 0 fully saturated rings. The van der Waals surface area contributed by atoms with Gasteiger partial charge < -0.3 is 28.7 Å². The van der Waals surface area contributed by atoms with Gasteiger partial charge in [0.1, 0.15) is 11.3 Å². The van der Waals surface area contributed by atoms with Crippen LogP contribution in [0.5, 0.6) is 23.0 Å². The Hall–Kier alpha value is -3.91. The largest absolute Gasteiger partial charge is 0.493 e. The summed E-state index contributed by atoms with van der Waals surface area (Å²) in [6, 6.07) is 13.9. The van der Waals surface area contributed by atoms with Gasteiger partial charge in [-0.2, -0.15) is 0 Å². The Morgan fingerprint density at radius 1 is 1.00 bits per heavy atom. The predicted molar refractivity (Wildman–Crippen MR) is 129 cm³/mol. The zero-order chi connectivity index (χ0) is 24.2. The fourth-order valence-corrected chi connectivity index (χ4v) is 3.50. The summed E-state index contributed by atoms with van der Waals surface area (Å²) < 4.78 is 27.6. The second kappa shape index (κ2) is 9.93. The molecule has 4 aromatic rings. The fraction of sp³-hybridized carbons (Fsp3) is 0.200. The van der Waals surface area contributed by atoms with Crippen molar-refractivity contribution in [1.82, 2.24) is 4.98 Å². The van der Waals surface area contributed by atoms with E-state index in [-0.39, 0.29) is 12.5 Å². The average Bonchev–Trinajstić information content (AvgIpc) is 3.27. The highest BCUT2D eigenvalue weighted by atomic mass is 35.5. The Morgan fingerprint density at radius 3 is 2.38 bits per heavy atom. The van der Waals surface area contributed by atoms with Crippen LogP contribution in [0.2, 0.25) is 5.02 Å². The molecule has 3 aromatic carbocycles. The number of anilines is 1. The molecule has 0 radical (unpaired) electrons. The van der Waals surface area contributed by atoms with Crippen LogP contribution in [0.3, 0.4) is 0 Å². The van der Waals surface area contributed by atoms with Crippen LogP contribution >= 0.6 is 11.6 Å². The van der Waals surface area contributed by atoms with Gasteiger partial charge in [-0.15, -0.1) is 0 Å². The van der Waals surface area contributed by atoms with Gasteiger partial charge in [0.25, 0.3) is 5.91 Å². The Bertz CT molecular complexity index is 1330. The van der Waals surface area contributed by atoms with Crippen LogP contribution in [0.15, 0.2) is 52.9 Å². The summed E-state index contributed by atoms with van der Waals surface area (Å²) in [4.78, 5) is 16.9. The number of nitrogens with one attached hydrogen (secondary N) is 1. The molecule has 0 spiro atoms. The maximum atomic E-state index is 12.4. The predicted octanol–water partition coefficient (Wildman–Crippen LogP) is 5.50. The van der Waals surface area contributed by atoms with Gasteiger partial charge in [-0.1, -0.05) is 11.6 Å². The van der Waals surface area contributed by atoms with Crippen LogP contribution in [-0.2, 0) is 4.79 Å². The van der Waals surface area contributed by atoms with Gasteiger partial charge in [0.2, 0.25) is 11.6 Å². The lowest BCUT2D eigenvalue weighted by molar-refractivity contribution is -0.118. The number of fused-ring (bicyclic) bond motifs is 1. The van der Waals surface area contributed by atoms with E-state index in [2.05, 4.69) is 10.3 Å². The number of carbonyl (C=O) groups excluding carboxylic acids is 1. The molecule has 9 heteroatoms. The summed E-state index contributed by atoms with van der Waals surface area (Å²) in [7, 11) is 4.62. The van der Waals surface area contributed by atoms with E-state index in [1.807, 2.05) is 6.92 Å². The average molecular weight is 483 g/mol. The standard InChI is InChI=1S/C25H23ClN2O6/c1-14-9-17(6-7-18(14)26)33-13-23(29)27-16-5-8-20-19(12-16)28-25(34-20)15-10-21(30-2)24(32-4)22(11-15)31-3/h5-12H,13H2,1-4H3,(H,27,29). The number of carbonyl (C=O) groups is 1. The van der Waals surface area contributed by atoms with E-state index < -0.39 is 0 Å². The molecule has 0 bridgehead atoms. The van der Waals surface area contributed by atoms with Gasteiger partial charge in [0.15, 0.2) is 23.7 Å². The third kappa shape index (κ3) is 4.87. The summed E-state index contributed by atoms with van der Waals surface area (Å²) in [5.41, 5.74) is 3.24. The Balaban J connectivity index is 1.51. The molecule has 0 saturated carbocycles. The summed E-state index contributed by atoms with van der Waals surface area (Å²) in [5, 5.41) is 3.44. The van der Waals surface area contributed by atoms with Gasteiger partial charge in [-0.3, -0.25) is 4.79 Å². The molecule has 8 nitrogen and oxygen atoms in total. The monoisotopic (exact) mass is 482 g/mol. The van der Waals surface area contributed by atoms with Crippen molar-refractivity contribution in [3.8, 4) is 34.5 Å². The zero-order valence-corrected chi connectivity index (χ0v) is 19.9. The second-order valence-corrected chi connectivity index (χ2v) is 7.77. The second-order valence-electron chi connectivity index (χ2n) is 7.36. The number of methoxy groups -OCH3 is 3. The molecule has 1 heterocycles. The van der Waals surface area contributed by atoms with Crippen molar-refractivity contribution in [2.75, 3.05) is 33.3 Å². The number of nitrogens with zero attached hydrogens (tertiary/aromatic N) is 1. The summed E-state index contributed by atoms with van der Waals surface area (Å²) >= 11 is 6.02. The molecule has 34 heavy (non-hydrogen) atoms. The Labute approximate surface area is 201 Å². The molecule has 0 atom stereocenters. The molecule has 1 amide bonds. The highest BCUT2D eigenvalue weighted by Crippen LogP contribution is 2.41. The van der Waals surface area contributed by atoms with Crippen LogP contribution < -0.4 is 24.3 Å². The van der Waals surface area contributed by atoms with E-state index in [0.29, 0.717) is 56.3 Å². The summed E-state index contributed by atoms with van der Waals surface area (Å²) in [6.45, 7) is 1.73. The summed E-state index contributed by atoms with van der Waals surface area (Å²) in [6.07, 6.45) is 0. The van der Waals surface area contributed by atoms with Gasteiger partial charge in [0.05, 0.1) is 21.3 Å². The van der Waals surface area contributed by atoms with Crippen molar-refractivity contribution < 1.29 is 28.2 Å². The summed E-state index contributed by atoms with van der Waals surface area (Å²) in [5.74, 6) is 2.09. The molecular weight excluding hydrogens is 460 g/mol. The normalized spacial score (nSPS) is 10.7. The maximum Gasteiger partial charge on any atom is 0.262 e. The van der Waals surface area contributed by atoms with Crippen LogP contribution in [0.25, 0.3) is 22.6 Å². The van der Waals surface area contributed by atoms with Crippen molar-refractivity contribution in [1.29, 1.82) is 0 Å². The van der Waals surface area contributed by atoms with Gasteiger partial charge in [-0.05, 0) is 61.0 Å². The number of benzene rings is 3. The first-order chi connectivity index (χ1) is 16.4. The minimum absolute atomic E-state index is 0.144. The number of ether oxygens (including phenoxy) is 4. The highest BCUT2D eigenvalue weighted by molar-refractivity contribution is 6.31. The number of rotatable bonds is 8. The zero-order valence-electron chi connectivity index (χ0n) is 19.1. The molecule has 0 aliphatic carbocycles. The first kappa shape index (κ1) is 23.3. The van der Waals surface area contributed by atoms with Crippen LogP contribution in [0.1, 0.15) is 5.56 Å². The molecule has 0 aliphatic rings. The molecule has 0 aliphatic heterocycles. The molecule has 1 aromatic heterocycles. The van der Waals surface area contributed by atoms with Gasteiger partial charge in [0, 0.05) is 16.3 Å². The van der Waals surface area contributed by atoms with E-state index in [1.54, 1.807) is 62.8 Å². The van der Waals surface area contributed by atoms with Gasteiger partial charge in [-0.25, -0.2) is 4.98 Å². The van der Waals surface area contributed by atoms with Crippen molar-refractivity contribution in [2.24, 2.45) is 0 Å². The molecular formula is C25H23ClN2O6. The number of halogens is 1. The molecule has 4 rings (SSSR count). The van der Waals surface area contributed by atoms with Crippen LogP contribution in [0, 0.1) is 6.92 Å². The smallest absolute Gasteiger partial charge is 0.262 e. The number of aromatic nitrogens is 1. The fourth-order valence-electron chi connectivity index (χ4n) is 3.39.